The standard InChI is InChI=1S/C17H24N4O/c1-3-20(16-9-5-4-6-10-16)13-7-11-18-17(22)15(2)21-14-8-12-19-21/h4-6,8-10,12,14-15H,3,7,11,13H2,1-2H3,(H,18,22). The van der Waals surface area contributed by atoms with Gasteiger partial charge in [0.15, 0.2) is 0 Å². The Morgan fingerprint density at radius 3 is 2.73 bits per heavy atom. The molecule has 0 aliphatic rings. The van der Waals surface area contributed by atoms with Crippen LogP contribution in [0.15, 0.2) is 48.8 Å². The fraction of sp³-hybridized carbons (Fsp3) is 0.412. The Bertz CT molecular complexity index is 553. The number of nitrogens with zero attached hydrogens (tertiary/aromatic N) is 3. The summed E-state index contributed by atoms with van der Waals surface area (Å²) < 4.78 is 1.66. The van der Waals surface area contributed by atoms with Crippen LogP contribution in [0.25, 0.3) is 0 Å². The highest BCUT2D eigenvalue weighted by molar-refractivity contribution is 5.79. The lowest BCUT2D eigenvalue weighted by Crippen LogP contribution is -2.34. The Hall–Kier alpha value is -2.30. The molecule has 0 bridgehead atoms. The van der Waals surface area contributed by atoms with Crippen LogP contribution in [0.1, 0.15) is 26.3 Å². The van der Waals surface area contributed by atoms with Crippen molar-refractivity contribution >= 4 is 11.6 Å². The number of hydrogen-bond acceptors (Lipinski definition) is 3. The quantitative estimate of drug-likeness (QED) is 0.762. The molecule has 1 atom stereocenters. The van der Waals surface area contributed by atoms with Gasteiger partial charge in [-0.05, 0) is 38.5 Å². The minimum Gasteiger partial charge on any atom is -0.372 e. The van der Waals surface area contributed by atoms with Gasteiger partial charge < -0.3 is 10.2 Å². The van der Waals surface area contributed by atoms with Gasteiger partial charge in [-0.1, -0.05) is 18.2 Å². The Kier molecular flexibility index (Phi) is 6.01. The van der Waals surface area contributed by atoms with Gasteiger partial charge in [0.2, 0.25) is 5.91 Å². The van der Waals surface area contributed by atoms with Gasteiger partial charge in [0.1, 0.15) is 6.04 Å². The summed E-state index contributed by atoms with van der Waals surface area (Å²) in [6.45, 7) is 6.56. The van der Waals surface area contributed by atoms with Crippen molar-refractivity contribution in [1.29, 1.82) is 0 Å². The molecule has 2 rings (SSSR count). The molecule has 0 spiro atoms. The lowest BCUT2D eigenvalue weighted by atomic mass is 10.2. The molecule has 118 valence electrons. The number of rotatable bonds is 8. The van der Waals surface area contributed by atoms with E-state index >= 15 is 0 Å². The first-order chi connectivity index (χ1) is 10.7. The van der Waals surface area contributed by atoms with Gasteiger partial charge in [0.25, 0.3) is 0 Å². The normalized spacial score (nSPS) is 11.9. The van der Waals surface area contributed by atoms with Crippen molar-refractivity contribution in [3.05, 3.63) is 48.8 Å². The second-order valence-electron chi connectivity index (χ2n) is 5.22. The third-order valence-electron chi connectivity index (χ3n) is 3.71. The molecule has 1 heterocycles. The lowest BCUT2D eigenvalue weighted by Gasteiger charge is -2.23. The smallest absolute Gasteiger partial charge is 0.244 e. The zero-order valence-corrected chi connectivity index (χ0v) is 13.3. The second kappa shape index (κ2) is 8.22. The van der Waals surface area contributed by atoms with E-state index in [1.165, 1.54) is 5.69 Å². The van der Waals surface area contributed by atoms with Crippen LogP contribution in [0, 0.1) is 0 Å². The summed E-state index contributed by atoms with van der Waals surface area (Å²) in [6.07, 6.45) is 4.40. The van der Waals surface area contributed by atoms with Crippen LogP contribution in [-0.2, 0) is 4.79 Å². The molecule has 2 aromatic rings. The van der Waals surface area contributed by atoms with Crippen LogP contribution >= 0.6 is 0 Å². The highest BCUT2D eigenvalue weighted by Crippen LogP contribution is 2.12. The first-order valence-corrected chi connectivity index (χ1v) is 7.79. The summed E-state index contributed by atoms with van der Waals surface area (Å²) in [5.74, 6) is 0.00598. The molecule has 0 saturated carbocycles. The predicted octanol–water partition coefficient (Wildman–Crippen LogP) is 2.48. The number of amides is 1. The van der Waals surface area contributed by atoms with Gasteiger partial charge in [-0.3, -0.25) is 9.48 Å². The van der Waals surface area contributed by atoms with Crippen molar-refractivity contribution in [2.45, 2.75) is 26.3 Å². The average molecular weight is 300 g/mol. The van der Waals surface area contributed by atoms with Gasteiger partial charge in [-0.25, -0.2) is 0 Å². The molecule has 1 amide bonds. The molecule has 0 aliphatic carbocycles. The van der Waals surface area contributed by atoms with Crippen molar-refractivity contribution in [2.24, 2.45) is 0 Å². The fourth-order valence-electron chi connectivity index (χ4n) is 2.37. The maximum absolute atomic E-state index is 12.0. The zero-order chi connectivity index (χ0) is 15.8. The third kappa shape index (κ3) is 4.35. The van der Waals surface area contributed by atoms with E-state index in [1.807, 2.05) is 31.2 Å². The summed E-state index contributed by atoms with van der Waals surface area (Å²) in [7, 11) is 0. The number of benzene rings is 1. The molecule has 5 heteroatoms. The number of aromatic nitrogens is 2. The molecule has 0 aliphatic heterocycles. The highest BCUT2D eigenvalue weighted by Gasteiger charge is 2.14. The van der Waals surface area contributed by atoms with Gasteiger partial charge in [0.05, 0.1) is 0 Å². The number of para-hydroxylation sites is 1. The molecule has 1 aromatic heterocycles. The number of carbonyl (C=O) groups excluding carboxylic acids is 1. The van der Waals surface area contributed by atoms with Crippen LogP contribution < -0.4 is 10.2 Å². The number of carbonyl (C=O) groups is 1. The van der Waals surface area contributed by atoms with Gasteiger partial charge >= 0.3 is 0 Å². The third-order valence-corrected chi connectivity index (χ3v) is 3.71. The molecule has 0 radical (unpaired) electrons. The Morgan fingerprint density at radius 2 is 2.09 bits per heavy atom. The van der Waals surface area contributed by atoms with Crippen LogP contribution in [0.5, 0.6) is 0 Å². The summed E-state index contributed by atoms with van der Waals surface area (Å²) in [6, 6.07) is 11.9. The Balaban J connectivity index is 1.73. The van der Waals surface area contributed by atoms with E-state index in [0.717, 1.165) is 19.5 Å². The first kappa shape index (κ1) is 16.1. The van der Waals surface area contributed by atoms with Crippen molar-refractivity contribution in [3.8, 4) is 0 Å². The summed E-state index contributed by atoms with van der Waals surface area (Å²) in [5, 5.41) is 7.07. The van der Waals surface area contributed by atoms with Crippen molar-refractivity contribution in [3.63, 3.8) is 0 Å². The topological polar surface area (TPSA) is 50.2 Å². The van der Waals surface area contributed by atoms with E-state index in [0.29, 0.717) is 6.54 Å². The van der Waals surface area contributed by atoms with E-state index in [2.05, 4.69) is 34.4 Å². The molecule has 0 saturated heterocycles. The molecule has 0 fully saturated rings. The highest BCUT2D eigenvalue weighted by atomic mass is 16.2. The maximum Gasteiger partial charge on any atom is 0.244 e. The minimum atomic E-state index is -0.272. The van der Waals surface area contributed by atoms with Crippen molar-refractivity contribution < 1.29 is 4.79 Å². The molecular weight excluding hydrogens is 276 g/mol. The monoisotopic (exact) mass is 300 g/mol. The van der Waals surface area contributed by atoms with E-state index < -0.39 is 0 Å². The number of nitrogens with one attached hydrogen (secondary N) is 1. The molecule has 1 unspecified atom stereocenters. The zero-order valence-electron chi connectivity index (χ0n) is 13.3. The van der Waals surface area contributed by atoms with Crippen LogP contribution in [0.3, 0.4) is 0 Å². The van der Waals surface area contributed by atoms with E-state index in [4.69, 9.17) is 0 Å². The van der Waals surface area contributed by atoms with E-state index in [9.17, 15) is 4.79 Å². The largest absolute Gasteiger partial charge is 0.372 e. The number of anilines is 1. The van der Waals surface area contributed by atoms with Gasteiger partial charge in [-0.15, -0.1) is 0 Å². The summed E-state index contributed by atoms with van der Waals surface area (Å²) >= 11 is 0. The molecule has 1 aromatic carbocycles. The van der Waals surface area contributed by atoms with E-state index in [-0.39, 0.29) is 11.9 Å². The van der Waals surface area contributed by atoms with E-state index in [1.54, 1.807) is 17.1 Å². The lowest BCUT2D eigenvalue weighted by molar-refractivity contribution is -0.124. The minimum absolute atomic E-state index is 0.00598. The molecule has 5 nitrogen and oxygen atoms in total. The summed E-state index contributed by atoms with van der Waals surface area (Å²) in [5.41, 5.74) is 1.22. The van der Waals surface area contributed by atoms with Crippen LogP contribution in [0.4, 0.5) is 5.69 Å². The van der Waals surface area contributed by atoms with Crippen LogP contribution in [0.2, 0.25) is 0 Å². The molecule has 1 N–H and O–H groups in total. The first-order valence-electron chi connectivity index (χ1n) is 7.79. The Morgan fingerprint density at radius 1 is 1.32 bits per heavy atom. The van der Waals surface area contributed by atoms with Gasteiger partial charge in [0, 0.05) is 37.7 Å². The number of hydrogen-bond donors (Lipinski definition) is 1. The molecular formula is C17H24N4O. The second-order valence-corrected chi connectivity index (χ2v) is 5.22. The Labute approximate surface area is 131 Å². The molecule has 22 heavy (non-hydrogen) atoms. The van der Waals surface area contributed by atoms with Crippen molar-refractivity contribution in [1.82, 2.24) is 15.1 Å². The van der Waals surface area contributed by atoms with Gasteiger partial charge in [-0.2, -0.15) is 5.10 Å². The van der Waals surface area contributed by atoms with Crippen LogP contribution in [-0.4, -0.2) is 35.3 Å². The SMILES string of the molecule is CCN(CCCNC(=O)C(C)n1cccn1)c1ccccc1. The maximum atomic E-state index is 12.0. The predicted molar refractivity (Wildman–Crippen MR) is 88.9 cm³/mol. The van der Waals surface area contributed by atoms with Crippen molar-refractivity contribution in [2.75, 3.05) is 24.5 Å². The fourth-order valence-corrected chi connectivity index (χ4v) is 2.37. The average Bonchev–Trinajstić information content (AvgIpc) is 3.09. The summed E-state index contributed by atoms with van der Waals surface area (Å²) in [4.78, 5) is 14.3.